The molecule has 1 rings (SSSR count). The second kappa shape index (κ2) is 8.06. The third-order valence-electron chi connectivity index (χ3n) is 2.48. The lowest BCUT2D eigenvalue weighted by atomic mass is 10.2. The van der Waals surface area contributed by atoms with Crippen LogP contribution in [0.25, 0.3) is 0 Å². The van der Waals surface area contributed by atoms with Crippen molar-refractivity contribution in [3.05, 3.63) is 33.3 Å². The third-order valence-corrected chi connectivity index (χ3v) is 3.49. The minimum atomic E-state index is 0.0424. The number of methoxy groups -OCH3 is 1. The first kappa shape index (κ1) is 14.9. The van der Waals surface area contributed by atoms with Crippen molar-refractivity contribution in [2.75, 3.05) is 20.3 Å². The number of ether oxygens (including phenoxy) is 1. The van der Waals surface area contributed by atoms with Gasteiger partial charge in [-0.3, -0.25) is 0 Å². The standard InChI is InChI=1S/C12H17BrClNO2/c1-17-5-4-11(8-16)15-7-9-6-10(14)2-3-12(9)13/h2-3,6,11,15-16H,4-5,7-8H2,1H3. The molecule has 0 aliphatic rings. The quantitative estimate of drug-likeness (QED) is 0.811. The van der Waals surface area contributed by atoms with Gasteiger partial charge in [0.15, 0.2) is 0 Å². The minimum Gasteiger partial charge on any atom is -0.395 e. The minimum absolute atomic E-state index is 0.0424. The van der Waals surface area contributed by atoms with E-state index in [1.165, 1.54) is 0 Å². The maximum Gasteiger partial charge on any atom is 0.0585 e. The molecule has 0 bridgehead atoms. The fourth-order valence-electron chi connectivity index (χ4n) is 1.45. The molecule has 3 nitrogen and oxygen atoms in total. The highest BCUT2D eigenvalue weighted by atomic mass is 79.9. The molecule has 1 aromatic rings. The predicted molar refractivity (Wildman–Crippen MR) is 73.4 cm³/mol. The van der Waals surface area contributed by atoms with Crippen LogP contribution in [0, 0.1) is 0 Å². The first-order valence-electron chi connectivity index (χ1n) is 5.44. The second-order valence-corrected chi connectivity index (χ2v) is 5.07. The molecule has 0 radical (unpaired) electrons. The lowest BCUT2D eigenvalue weighted by Crippen LogP contribution is -2.33. The summed E-state index contributed by atoms with van der Waals surface area (Å²) in [5, 5.41) is 13.2. The van der Waals surface area contributed by atoms with E-state index < -0.39 is 0 Å². The summed E-state index contributed by atoms with van der Waals surface area (Å²) < 4.78 is 6.00. The monoisotopic (exact) mass is 321 g/mol. The van der Waals surface area contributed by atoms with Gasteiger partial charge in [-0.25, -0.2) is 0 Å². The van der Waals surface area contributed by atoms with E-state index in [0.717, 1.165) is 16.5 Å². The van der Waals surface area contributed by atoms with Crippen LogP contribution in [0.15, 0.2) is 22.7 Å². The molecule has 5 heteroatoms. The van der Waals surface area contributed by atoms with Gasteiger partial charge in [0, 0.05) is 35.8 Å². The van der Waals surface area contributed by atoms with Crippen LogP contribution in [0.3, 0.4) is 0 Å². The molecular weight excluding hydrogens is 305 g/mol. The van der Waals surface area contributed by atoms with E-state index in [2.05, 4.69) is 21.2 Å². The lowest BCUT2D eigenvalue weighted by Gasteiger charge is -2.16. The maximum atomic E-state index is 9.20. The van der Waals surface area contributed by atoms with Crippen molar-refractivity contribution in [1.29, 1.82) is 0 Å². The number of aliphatic hydroxyl groups is 1. The van der Waals surface area contributed by atoms with Crippen molar-refractivity contribution in [2.45, 2.75) is 19.0 Å². The fourth-order valence-corrected chi connectivity index (χ4v) is 2.03. The average molecular weight is 323 g/mol. The van der Waals surface area contributed by atoms with Crippen LogP contribution in [0.4, 0.5) is 0 Å². The number of halogens is 2. The summed E-state index contributed by atoms with van der Waals surface area (Å²) in [7, 11) is 1.65. The fraction of sp³-hybridized carbons (Fsp3) is 0.500. The first-order chi connectivity index (χ1) is 8.17. The number of hydrogen-bond donors (Lipinski definition) is 2. The van der Waals surface area contributed by atoms with Gasteiger partial charge in [-0.15, -0.1) is 0 Å². The van der Waals surface area contributed by atoms with Gasteiger partial charge in [-0.1, -0.05) is 27.5 Å². The Morgan fingerprint density at radius 3 is 2.94 bits per heavy atom. The highest BCUT2D eigenvalue weighted by molar-refractivity contribution is 9.10. The summed E-state index contributed by atoms with van der Waals surface area (Å²) in [6, 6.07) is 5.70. The molecule has 0 saturated carbocycles. The van der Waals surface area contributed by atoms with Gasteiger partial charge in [0.05, 0.1) is 6.61 Å². The van der Waals surface area contributed by atoms with Crippen molar-refractivity contribution in [3.8, 4) is 0 Å². The Morgan fingerprint density at radius 1 is 1.53 bits per heavy atom. The molecule has 0 fully saturated rings. The summed E-state index contributed by atoms with van der Waals surface area (Å²) in [5.41, 5.74) is 1.08. The maximum absolute atomic E-state index is 9.20. The Hall–Kier alpha value is -0.130. The lowest BCUT2D eigenvalue weighted by molar-refractivity contribution is 0.159. The van der Waals surface area contributed by atoms with Crippen molar-refractivity contribution in [2.24, 2.45) is 0 Å². The Kier molecular flexibility index (Phi) is 7.08. The zero-order valence-corrected chi connectivity index (χ0v) is 12.1. The topological polar surface area (TPSA) is 41.5 Å². The van der Waals surface area contributed by atoms with Crippen LogP contribution >= 0.6 is 27.5 Å². The van der Waals surface area contributed by atoms with E-state index >= 15 is 0 Å². The molecule has 0 aliphatic heterocycles. The summed E-state index contributed by atoms with van der Waals surface area (Å²) in [5.74, 6) is 0. The van der Waals surface area contributed by atoms with Crippen molar-refractivity contribution in [1.82, 2.24) is 5.32 Å². The van der Waals surface area contributed by atoms with E-state index in [-0.39, 0.29) is 12.6 Å². The summed E-state index contributed by atoms with van der Waals surface area (Å²) in [4.78, 5) is 0. The number of aliphatic hydroxyl groups excluding tert-OH is 1. The normalized spacial score (nSPS) is 12.7. The predicted octanol–water partition coefficient (Wildman–Crippen LogP) is 2.59. The van der Waals surface area contributed by atoms with Crippen LogP contribution in [-0.4, -0.2) is 31.5 Å². The number of nitrogens with one attached hydrogen (secondary N) is 1. The van der Waals surface area contributed by atoms with Gasteiger partial charge < -0.3 is 15.2 Å². The Bertz CT molecular complexity index is 349. The van der Waals surface area contributed by atoms with Crippen LogP contribution in [0.2, 0.25) is 5.02 Å². The molecule has 0 amide bonds. The molecule has 1 atom stereocenters. The van der Waals surface area contributed by atoms with Gasteiger partial charge in [-0.2, -0.15) is 0 Å². The van der Waals surface area contributed by atoms with Crippen molar-refractivity contribution < 1.29 is 9.84 Å². The van der Waals surface area contributed by atoms with Crippen LogP contribution < -0.4 is 5.32 Å². The Balaban J connectivity index is 2.50. The molecule has 96 valence electrons. The molecule has 0 heterocycles. The van der Waals surface area contributed by atoms with Gasteiger partial charge >= 0.3 is 0 Å². The van der Waals surface area contributed by atoms with Gasteiger partial charge in [-0.05, 0) is 30.2 Å². The molecular formula is C12H17BrClNO2. The Morgan fingerprint density at radius 2 is 2.29 bits per heavy atom. The molecule has 0 aliphatic carbocycles. The zero-order chi connectivity index (χ0) is 12.7. The number of benzene rings is 1. The zero-order valence-electron chi connectivity index (χ0n) is 9.75. The number of hydrogen-bond acceptors (Lipinski definition) is 3. The third kappa shape index (κ3) is 5.36. The highest BCUT2D eigenvalue weighted by Gasteiger charge is 2.08. The van der Waals surface area contributed by atoms with Gasteiger partial charge in [0.2, 0.25) is 0 Å². The van der Waals surface area contributed by atoms with E-state index in [1.54, 1.807) is 7.11 Å². The SMILES string of the molecule is COCCC(CO)NCc1cc(Cl)ccc1Br. The molecule has 17 heavy (non-hydrogen) atoms. The highest BCUT2D eigenvalue weighted by Crippen LogP contribution is 2.21. The molecule has 1 unspecified atom stereocenters. The molecule has 1 aromatic carbocycles. The van der Waals surface area contributed by atoms with Crippen molar-refractivity contribution in [3.63, 3.8) is 0 Å². The van der Waals surface area contributed by atoms with Crippen LogP contribution in [0.1, 0.15) is 12.0 Å². The van der Waals surface area contributed by atoms with E-state index in [9.17, 15) is 5.11 Å². The van der Waals surface area contributed by atoms with Gasteiger partial charge in [0.25, 0.3) is 0 Å². The summed E-state index contributed by atoms with van der Waals surface area (Å²) >= 11 is 9.40. The first-order valence-corrected chi connectivity index (χ1v) is 6.61. The summed E-state index contributed by atoms with van der Waals surface area (Å²) in [6.07, 6.45) is 0.783. The van der Waals surface area contributed by atoms with Gasteiger partial charge in [0.1, 0.15) is 0 Å². The largest absolute Gasteiger partial charge is 0.395 e. The molecule has 2 N–H and O–H groups in total. The average Bonchev–Trinajstić information content (AvgIpc) is 2.33. The molecule has 0 aromatic heterocycles. The van der Waals surface area contributed by atoms with E-state index in [4.69, 9.17) is 16.3 Å². The second-order valence-electron chi connectivity index (χ2n) is 3.78. The van der Waals surface area contributed by atoms with E-state index in [0.29, 0.717) is 18.2 Å². The van der Waals surface area contributed by atoms with E-state index in [1.807, 2.05) is 18.2 Å². The molecule has 0 saturated heterocycles. The van der Waals surface area contributed by atoms with Crippen LogP contribution in [0.5, 0.6) is 0 Å². The smallest absolute Gasteiger partial charge is 0.0585 e. The number of rotatable bonds is 7. The van der Waals surface area contributed by atoms with Crippen LogP contribution in [-0.2, 0) is 11.3 Å². The van der Waals surface area contributed by atoms with Crippen molar-refractivity contribution >= 4 is 27.5 Å². The Labute approximate surface area is 115 Å². The summed E-state index contributed by atoms with van der Waals surface area (Å²) in [6.45, 7) is 1.40. The molecule has 0 spiro atoms.